The van der Waals surface area contributed by atoms with Crippen LogP contribution in [-0.2, 0) is 13.1 Å². The molecule has 0 spiro atoms. The van der Waals surface area contributed by atoms with Crippen LogP contribution < -0.4 is 15.5 Å². The number of nitrogens with one attached hydrogen (secondary N) is 3. The van der Waals surface area contributed by atoms with Crippen molar-refractivity contribution in [3.63, 3.8) is 0 Å². The Bertz CT molecular complexity index is 572. The van der Waals surface area contributed by atoms with Gasteiger partial charge in [0.05, 0.1) is 13.6 Å². The minimum Gasteiger partial charge on any atom is -0.363 e. The van der Waals surface area contributed by atoms with Gasteiger partial charge in [0, 0.05) is 25.1 Å². The number of hydrogen-bond donors (Lipinski definition) is 3. The normalized spacial score (nSPS) is 11.7. The molecule has 2 rings (SSSR count). The molecule has 0 amide bonds. The Morgan fingerprint density at radius 3 is 2.17 bits per heavy atom. The van der Waals surface area contributed by atoms with Crippen LogP contribution >= 0.6 is 12.2 Å². The predicted octanol–water partition coefficient (Wildman–Crippen LogP) is 1.76. The van der Waals surface area contributed by atoms with Crippen LogP contribution in [0.3, 0.4) is 0 Å². The summed E-state index contributed by atoms with van der Waals surface area (Å²) in [6.07, 6.45) is 1.10. The maximum absolute atomic E-state index is 5.31. The van der Waals surface area contributed by atoms with Crippen molar-refractivity contribution < 1.29 is 4.90 Å². The monoisotopic (exact) mass is 328 g/mol. The lowest BCUT2D eigenvalue weighted by Crippen LogP contribution is -3.07. The van der Waals surface area contributed by atoms with Crippen molar-refractivity contribution >= 4 is 17.3 Å². The highest BCUT2D eigenvalue weighted by Crippen LogP contribution is 1.97. The minimum atomic E-state index is 0.731. The van der Waals surface area contributed by atoms with Gasteiger partial charge in [-0.3, -0.25) is 0 Å². The molecule has 0 radical (unpaired) electrons. The van der Waals surface area contributed by atoms with Crippen LogP contribution in [-0.4, -0.2) is 25.2 Å². The molecular weight excluding hydrogens is 302 g/mol. The van der Waals surface area contributed by atoms with Gasteiger partial charge in [-0.25, -0.2) is 0 Å². The molecule has 0 aliphatic carbocycles. The highest BCUT2D eigenvalue weighted by molar-refractivity contribution is 7.80. The molecule has 0 aliphatic rings. The van der Waals surface area contributed by atoms with Crippen molar-refractivity contribution in [3.05, 3.63) is 71.8 Å². The molecule has 1 unspecified atom stereocenters. The molecule has 0 fully saturated rings. The molecule has 4 heteroatoms. The Balaban J connectivity index is 1.55. The van der Waals surface area contributed by atoms with Crippen molar-refractivity contribution in [2.45, 2.75) is 19.5 Å². The second-order valence-corrected chi connectivity index (χ2v) is 6.23. The van der Waals surface area contributed by atoms with Gasteiger partial charge in [-0.2, -0.15) is 0 Å². The molecule has 2 aromatic carbocycles. The average molecular weight is 329 g/mol. The molecule has 122 valence electrons. The largest absolute Gasteiger partial charge is 0.363 e. The number of benzene rings is 2. The van der Waals surface area contributed by atoms with Gasteiger partial charge in [-0.15, -0.1) is 0 Å². The van der Waals surface area contributed by atoms with Gasteiger partial charge in [-0.05, 0) is 17.8 Å². The molecule has 3 nitrogen and oxygen atoms in total. The highest BCUT2D eigenvalue weighted by Gasteiger charge is 2.03. The third kappa shape index (κ3) is 7.26. The summed E-state index contributed by atoms with van der Waals surface area (Å²) in [5.74, 6) is 0. The summed E-state index contributed by atoms with van der Waals surface area (Å²) in [4.78, 5) is 1.51. The van der Waals surface area contributed by atoms with Gasteiger partial charge in [0.15, 0.2) is 5.11 Å². The molecule has 3 N–H and O–H groups in total. The molecule has 0 bridgehead atoms. The first-order chi connectivity index (χ1) is 11.2. The molecule has 0 saturated carbocycles. The smallest absolute Gasteiger partial charge is 0.166 e. The van der Waals surface area contributed by atoms with Gasteiger partial charge in [0.1, 0.15) is 6.54 Å². The number of rotatable bonds is 8. The van der Waals surface area contributed by atoms with Gasteiger partial charge in [0.2, 0.25) is 0 Å². The van der Waals surface area contributed by atoms with E-state index in [4.69, 9.17) is 12.2 Å². The summed E-state index contributed by atoms with van der Waals surface area (Å²) in [7, 11) is 2.24. The van der Waals surface area contributed by atoms with E-state index < -0.39 is 0 Å². The molecule has 0 aliphatic heterocycles. The summed E-state index contributed by atoms with van der Waals surface area (Å²) in [5.41, 5.74) is 2.63. The first-order valence-electron chi connectivity index (χ1n) is 8.15. The van der Waals surface area contributed by atoms with E-state index in [2.05, 4.69) is 60.1 Å². The number of thiocarbonyl (C=S) groups is 1. The molecule has 2 aromatic rings. The van der Waals surface area contributed by atoms with E-state index in [-0.39, 0.29) is 0 Å². The van der Waals surface area contributed by atoms with Gasteiger partial charge in [-0.1, -0.05) is 60.7 Å². The van der Waals surface area contributed by atoms with Crippen molar-refractivity contribution in [3.8, 4) is 0 Å². The zero-order valence-electron chi connectivity index (χ0n) is 13.7. The Kier molecular flexibility index (Phi) is 7.57. The van der Waals surface area contributed by atoms with Crippen LogP contribution in [0, 0.1) is 0 Å². The van der Waals surface area contributed by atoms with Crippen molar-refractivity contribution in [1.82, 2.24) is 10.6 Å². The summed E-state index contributed by atoms with van der Waals surface area (Å²) in [6.45, 7) is 3.87. The van der Waals surface area contributed by atoms with Crippen LogP contribution in [0.4, 0.5) is 0 Å². The quantitative estimate of drug-likeness (QED) is 0.509. The first-order valence-corrected chi connectivity index (χ1v) is 8.56. The SMILES string of the molecule is C[NH+](CCCNC(=S)NCc1ccccc1)Cc1ccccc1. The summed E-state index contributed by atoms with van der Waals surface area (Å²) in [6, 6.07) is 20.9. The van der Waals surface area contributed by atoms with E-state index in [0.29, 0.717) is 0 Å². The van der Waals surface area contributed by atoms with Crippen LogP contribution in [0.1, 0.15) is 17.5 Å². The molecule has 0 heterocycles. The van der Waals surface area contributed by atoms with Crippen LogP contribution in [0.15, 0.2) is 60.7 Å². The van der Waals surface area contributed by atoms with E-state index >= 15 is 0 Å². The zero-order chi connectivity index (χ0) is 16.3. The molecular formula is C19H26N3S+. The summed E-state index contributed by atoms with van der Waals surface area (Å²) < 4.78 is 0. The highest BCUT2D eigenvalue weighted by atomic mass is 32.1. The minimum absolute atomic E-state index is 0.731. The molecule has 0 saturated heterocycles. The Labute approximate surface area is 144 Å². The second-order valence-electron chi connectivity index (χ2n) is 5.82. The molecule has 1 atom stereocenters. The second kappa shape index (κ2) is 9.98. The van der Waals surface area contributed by atoms with Crippen LogP contribution in [0.2, 0.25) is 0 Å². The Morgan fingerprint density at radius 1 is 0.913 bits per heavy atom. The Morgan fingerprint density at radius 2 is 1.52 bits per heavy atom. The van der Waals surface area contributed by atoms with Crippen molar-refractivity contribution in [2.75, 3.05) is 20.1 Å². The van der Waals surface area contributed by atoms with Gasteiger partial charge >= 0.3 is 0 Å². The lowest BCUT2D eigenvalue weighted by molar-refractivity contribution is -0.893. The average Bonchev–Trinajstić information content (AvgIpc) is 2.59. The fourth-order valence-corrected chi connectivity index (χ4v) is 2.64. The van der Waals surface area contributed by atoms with E-state index in [1.807, 2.05) is 18.2 Å². The van der Waals surface area contributed by atoms with Crippen molar-refractivity contribution in [2.24, 2.45) is 0 Å². The predicted molar refractivity (Wildman–Crippen MR) is 100 cm³/mol. The van der Waals surface area contributed by atoms with E-state index in [9.17, 15) is 0 Å². The number of quaternary nitrogens is 1. The third-order valence-corrected chi connectivity index (χ3v) is 4.00. The topological polar surface area (TPSA) is 28.5 Å². The Hall–Kier alpha value is -1.91. The standard InChI is InChI=1S/C19H25N3S/c1-22(16-18-11-6-3-7-12-18)14-8-13-20-19(23)21-15-17-9-4-2-5-10-17/h2-7,9-12H,8,13-16H2,1H3,(H2,20,21,23)/p+1. The number of hydrogen-bond acceptors (Lipinski definition) is 1. The lowest BCUT2D eigenvalue weighted by atomic mass is 10.2. The van der Waals surface area contributed by atoms with E-state index in [1.54, 1.807) is 0 Å². The van der Waals surface area contributed by atoms with Crippen LogP contribution in [0.25, 0.3) is 0 Å². The fraction of sp³-hybridized carbons (Fsp3) is 0.316. The van der Waals surface area contributed by atoms with E-state index in [1.165, 1.54) is 16.0 Å². The van der Waals surface area contributed by atoms with Gasteiger partial charge < -0.3 is 15.5 Å². The maximum atomic E-state index is 5.31. The fourth-order valence-electron chi connectivity index (χ4n) is 2.47. The first kappa shape index (κ1) is 17.4. The molecule has 23 heavy (non-hydrogen) atoms. The van der Waals surface area contributed by atoms with E-state index in [0.717, 1.165) is 37.7 Å². The zero-order valence-corrected chi connectivity index (χ0v) is 14.5. The third-order valence-electron chi connectivity index (χ3n) is 3.71. The summed E-state index contributed by atoms with van der Waals surface area (Å²) in [5, 5.41) is 7.25. The van der Waals surface area contributed by atoms with Crippen LogP contribution in [0.5, 0.6) is 0 Å². The van der Waals surface area contributed by atoms with Crippen molar-refractivity contribution in [1.29, 1.82) is 0 Å². The maximum Gasteiger partial charge on any atom is 0.166 e. The lowest BCUT2D eigenvalue weighted by Gasteiger charge is -2.15. The molecule has 0 aromatic heterocycles. The summed E-state index contributed by atoms with van der Waals surface area (Å²) >= 11 is 5.31. The van der Waals surface area contributed by atoms with Gasteiger partial charge in [0.25, 0.3) is 0 Å².